The number of aryl methyl sites for hydroxylation is 1. The summed E-state index contributed by atoms with van der Waals surface area (Å²) in [4.78, 5) is 54.2. The molecule has 0 saturated carbocycles. The van der Waals surface area contributed by atoms with Crippen molar-refractivity contribution in [2.75, 3.05) is 45.1 Å². The number of hydrogen-bond acceptors (Lipinski definition) is 8. The third-order valence-electron chi connectivity index (χ3n) is 7.20. The summed E-state index contributed by atoms with van der Waals surface area (Å²) in [5.74, 6) is -0.923. The van der Waals surface area contributed by atoms with Crippen LogP contribution >= 0.6 is 0 Å². The van der Waals surface area contributed by atoms with Crippen LogP contribution in [0.4, 0.5) is 5.69 Å². The van der Waals surface area contributed by atoms with Gasteiger partial charge in [-0.05, 0) is 38.1 Å². The highest BCUT2D eigenvalue weighted by Gasteiger charge is 2.33. The van der Waals surface area contributed by atoms with Gasteiger partial charge in [-0.15, -0.1) is 0 Å². The van der Waals surface area contributed by atoms with Crippen molar-refractivity contribution in [2.45, 2.75) is 58.0 Å². The average Bonchev–Trinajstić information content (AvgIpc) is 3.44. The Morgan fingerprint density at radius 2 is 1.79 bits per heavy atom. The van der Waals surface area contributed by atoms with Gasteiger partial charge < -0.3 is 35.1 Å². The van der Waals surface area contributed by atoms with Gasteiger partial charge in [-0.25, -0.2) is 0 Å². The number of benzene rings is 1. The average molecular weight is 541 g/mol. The summed E-state index contributed by atoms with van der Waals surface area (Å²) in [6, 6.07) is 6.84. The van der Waals surface area contributed by atoms with Gasteiger partial charge in [0.05, 0.1) is 5.69 Å². The predicted molar refractivity (Wildman–Crippen MR) is 147 cm³/mol. The fourth-order valence-corrected chi connectivity index (χ4v) is 4.42. The molecule has 1 aliphatic heterocycles. The Bertz CT molecular complexity index is 1140. The van der Waals surface area contributed by atoms with Crippen molar-refractivity contribution in [2.24, 2.45) is 0 Å². The highest BCUT2D eigenvalue weighted by Crippen LogP contribution is 2.24. The van der Waals surface area contributed by atoms with Gasteiger partial charge >= 0.3 is 0 Å². The van der Waals surface area contributed by atoms with Gasteiger partial charge in [-0.2, -0.15) is 0 Å². The first-order valence-corrected chi connectivity index (χ1v) is 13.4. The molecule has 39 heavy (non-hydrogen) atoms. The first-order chi connectivity index (χ1) is 18.6. The standard InChI is InChI=1S/C28H40N6O5/c1-6-23-22(16-39-32-23)26(37)31-28(4,18-35)17-29-21-10-8-20(9-11-21)19(3)25(30-24(36)7-2)27(38)34-14-12-33(5)13-15-34/h8-11,16,18-19,25,29H,6-7,12-15,17H2,1-5H3,(H,30,36)(H,31,37)/t19-,25+,28+/m0/s1. The van der Waals surface area contributed by atoms with Gasteiger partial charge in [-0.1, -0.05) is 38.1 Å². The Labute approximate surface area is 229 Å². The van der Waals surface area contributed by atoms with Crippen LogP contribution < -0.4 is 16.0 Å². The van der Waals surface area contributed by atoms with Crippen LogP contribution in [0.25, 0.3) is 0 Å². The molecule has 0 aliphatic carbocycles. The van der Waals surface area contributed by atoms with Crippen LogP contribution in [-0.2, 0) is 20.8 Å². The summed E-state index contributed by atoms with van der Waals surface area (Å²) in [6.07, 6.45) is 2.80. The molecule has 2 heterocycles. The highest BCUT2D eigenvalue weighted by atomic mass is 16.5. The topological polar surface area (TPSA) is 137 Å². The maximum atomic E-state index is 13.4. The van der Waals surface area contributed by atoms with Crippen molar-refractivity contribution in [1.29, 1.82) is 0 Å². The number of piperazine rings is 1. The number of likely N-dealkylation sites (N-methyl/N-ethyl adjacent to an activating group) is 1. The number of aromatic nitrogens is 1. The van der Waals surface area contributed by atoms with Crippen molar-refractivity contribution in [3.8, 4) is 0 Å². The molecular weight excluding hydrogens is 500 g/mol. The van der Waals surface area contributed by atoms with Crippen molar-refractivity contribution in [1.82, 2.24) is 25.6 Å². The van der Waals surface area contributed by atoms with E-state index in [9.17, 15) is 19.2 Å². The summed E-state index contributed by atoms with van der Waals surface area (Å²) in [5, 5.41) is 12.7. The van der Waals surface area contributed by atoms with Gasteiger partial charge in [0.15, 0.2) is 0 Å². The van der Waals surface area contributed by atoms with E-state index in [1.54, 1.807) is 13.8 Å². The number of anilines is 1. The molecule has 3 atom stereocenters. The molecule has 0 radical (unpaired) electrons. The van der Waals surface area contributed by atoms with Crippen LogP contribution in [0.1, 0.15) is 61.6 Å². The monoisotopic (exact) mass is 540 g/mol. The number of amides is 3. The van der Waals surface area contributed by atoms with Gasteiger partial charge in [0.2, 0.25) is 11.8 Å². The van der Waals surface area contributed by atoms with Gasteiger partial charge in [0.25, 0.3) is 5.91 Å². The van der Waals surface area contributed by atoms with Crippen molar-refractivity contribution < 1.29 is 23.7 Å². The molecule has 11 nitrogen and oxygen atoms in total. The number of carbonyl (C=O) groups excluding carboxylic acids is 4. The molecule has 0 unspecified atom stereocenters. The van der Waals surface area contributed by atoms with Gasteiger partial charge in [-0.3, -0.25) is 14.4 Å². The van der Waals surface area contributed by atoms with E-state index in [-0.39, 0.29) is 24.3 Å². The fraction of sp³-hybridized carbons (Fsp3) is 0.536. The Hall–Kier alpha value is -3.73. The van der Waals surface area contributed by atoms with E-state index in [2.05, 4.69) is 26.0 Å². The molecule has 0 spiro atoms. The van der Waals surface area contributed by atoms with E-state index < -0.39 is 17.5 Å². The van der Waals surface area contributed by atoms with E-state index in [0.29, 0.717) is 43.5 Å². The Morgan fingerprint density at radius 3 is 2.38 bits per heavy atom. The summed E-state index contributed by atoms with van der Waals surface area (Å²) in [6.45, 7) is 10.2. The lowest BCUT2D eigenvalue weighted by Crippen LogP contribution is -2.55. The second kappa shape index (κ2) is 13.4. The Balaban J connectivity index is 1.66. The quantitative estimate of drug-likeness (QED) is 0.347. The van der Waals surface area contributed by atoms with Crippen LogP contribution in [0.2, 0.25) is 0 Å². The number of rotatable bonds is 12. The zero-order valence-corrected chi connectivity index (χ0v) is 23.5. The largest absolute Gasteiger partial charge is 0.382 e. The predicted octanol–water partition coefficient (Wildman–Crippen LogP) is 1.81. The molecule has 1 aromatic carbocycles. The maximum Gasteiger partial charge on any atom is 0.257 e. The fourth-order valence-electron chi connectivity index (χ4n) is 4.42. The summed E-state index contributed by atoms with van der Waals surface area (Å²) < 4.78 is 4.90. The minimum absolute atomic E-state index is 0.0730. The van der Waals surface area contributed by atoms with E-state index in [0.717, 1.165) is 24.3 Å². The van der Waals surface area contributed by atoms with E-state index in [1.165, 1.54) is 6.26 Å². The number of nitrogens with one attached hydrogen (secondary N) is 3. The lowest BCUT2D eigenvalue weighted by Gasteiger charge is -2.36. The van der Waals surface area contributed by atoms with Crippen molar-refractivity contribution >= 4 is 29.7 Å². The maximum absolute atomic E-state index is 13.4. The lowest BCUT2D eigenvalue weighted by atomic mass is 9.91. The Kier molecular flexibility index (Phi) is 10.2. The summed E-state index contributed by atoms with van der Waals surface area (Å²) in [7, 11) is 2.03. The third kappa shape index (κ3) is 7.66. The normalized spacial score (nSPS) is 17.0. The minimum Gasteiger partial charge on any atom is -0.382 e. The number of hydrogen-bond donors (Lipinski definition) is 3. The molecule has 3 N–H and O–H groups in total. The second-order valence-corrected chi connectivity index (χ2v) is 10.3. The van der Waals surface area contributed by atoms with E-state index >= 15 is 0 Å². The summed E-state index contributed by atoms with van der Waals surface area (Å²) >= 11 is 0. The van der Waals surface area contributed by atoms with Crippen molar-refractivity contribution in [3.63, 3.8) is 0 Å². The molecule has 1 aromatic heterocycles. The SMILES string of the molecule is CCC(=O)N[C@@H](C(=O)N1CCN(C)CC1)[C@@H](C)c1ccc(NC[C@](C)(C=O)NC(=O)c2conc2CC)cc1. The second-order valence-electron chi connectivity index (χ2n) is 10.3. The van der Waals surface area contributed by atoms with Gasteiger partial charge in [0.1, 0.15) is 29.7 Å². The molecule has 3 rings (SSSR count). The van der Waals surface area contributed by atoms with Crippen molar-refractivity contribution in [3.05, 3.63) is 47.3 Å². The van der Waals surface area contributed by atoms with Gasteiger partial charge in [0, 0.05) is 50.7 Å². The molecule has 3 amide bonds. The smallest absolute Gasteiger partial charge is 0.257 e. The number of carbonyl (C=O) groups is 4. The number of nitrogens with zero attached hydrogens (tertiary/aromatic N) is 3. The molecule has 212 valence electrons. The molecular formula is C28H40N6O5. The van der Waals surface area contributed by atoms with Crippen LogP contribution in [0.3, 0.4) is 0 Å². The zero-order valence-electron chi connectivity index (χ0n) is 23.5. The first-order valence-electron chi connectivity index (χ1n) is 13.4. The lowest BCUT2D eigenvalue weighted by molar-refractivity contribution is -0.138. The number of aldehydes is 1. The zero-order chi connectivity index (χ0) is 28.6. The minimum atomic E-state index is -1.17. The first kappa shape index (κ1) is 29.8. The molecule has 0 bridgehead atoms. The molecule has 2 aromatic rings. The summed E-state index contributed by atoms with van der Waals surface area (Å²) in [5.41, 5.74) is 1.30. The molecule has 1 saturated heterocycles. The Morgan fingerprint density at radius 1 is 1.13 bits per heavy atom. The van der Waals surface area contributed by atoms with Crippen LogP contribution in [0.15, 0.2) is 35.1 Å². The highest BCUT2D eigenvalue weighted by molar-refractivity contribution is 5.97. The van der Waals surface area contributed by atoms with Crippen LogP contribution in [0, 0.1) is 0 Å². The van der Waals surface area contributed by atoms with E-state index in [4.69, 9.17) is 4.52 Å². The van der Waals surface area contributed by atoms with Crippen LogP contribution in [0.5, 0.6) is 0 Å². The molecule has 11 heteroatoms. The van der Waals surface area contributed by atoms with E-state index in [1.807, 2.05) is 50.1 Å². The molecule has 1 fully saturated rings. The molecule has 1 aliphatic rings. The van der Waals surface area contributed by atoms with Crippen LogP contribution in [-0.4, -0.2) is 90.3 Å². The third-order valence-corrected chi connectivity index (χ3v) is 7.20.